The van der Waals surface area contributed by atoms with Gasteiger partial charge in [0, 0.05) is 35.3 Å². The lowest BCUT2D eigenvalue weighted by Gasteiger charge is -2.33. The zero-order chi connectivity index (χ0) is 20.3. The molecule has 2 heterocycles. The van der Waals surface area contributed by atoms with Crippen LogP contribution in [0.25, 0.3) is 0 Å². The van der Waals surface area contributed by atoms with E-state index in [1.165, 1.54) is 16.4 Å². The molecule has 150 valence electrons. The molecule has 0 bridgehead atoms. The van der Waals surface area contributed by atoms with E-state index in [1.807, 2.05) is 13.0 Å². The van der Waals surface area contributed by atoms with Gasteiger partial charge < -0.3 is 0 Å². The molecule has 1 amide bonds. The number of hydrogen-bond acceptors (Lipinski definition) is 4. The molecule has 9 heteroatoms. The van der Waals surface area contributed by atoms with Crippen molar-refractivity contribution in [2.75, 3.05) is 24.5 Å². The van der Waals surface area contributed by atoms with Crippen molar-refractivity contribution >= 4 is 49.3 Å². The number of halogens is 2. The Balaban J connectivity index is 1.79. The second-order valence-electron chi connectivity index (χ2n) is 6.57. The van der Waals surface area contributed by atoms with E-state index in [2.05, 4.69) is 20.9 Å². The Hall–Kier alpha value is -1.48. The molecule has 1 fully saturated rings. The molecule has 0 N–H and O–H groups in total. The van der Waals surface area contributed by atoms with Gasteiger partial charge in [-0.3, -0.25) is 9.69 Å². The van der Waals surface area contributed by atoms with E-state index in [9.17, 15) is 13.2 Å². The summed E-state index contributed by atoms with van der Waals surface area (Å²) in [7, 11) is -3.67. The van der Waals surface area contributed by atoms with E-state index < -0.39 is 15.9 Å². The van der Waals surface area contributed by atoms with Crippen molar-refractivity contribution in [1.82, 2.24) is 9.29 Å². The van der Waals surface area contributed by atoms with Crippen LogP contribution in [0.1, 0.15) is 19.8 Å². The van der Waals surface area contributed by atoms with Gasteiger partial charge in [0.1, 0.15) is 5.82 Å². The summed E-state index contributed by atoms with van der Waals surface area (Å²) in [6, 6.07) is 9.70. The molecule has 1 aromatic carbocycles. The standard InChI is InChI=1S/C19H21BrClN3O3S/c1-2-24(18-10-5-15(20)12-22-18)19(25)14-4-3-11-23(13-14)28(26,27)17-8-6-16(21)7-9-17/h5-10,12,14H,2-4,11,13H2,1H3. The van der Waals surface area contributed by atoms with Crippen LogP contribution in [0.3, 0.4) is 0 Å². The average Bonchev–Trinajstić information content (AvgIpc) is 2.70. The van der Waals surface area contributed by atoms with Gasteiger partial charge in [0.2, 0.25) is 15.9 Å². The van der Waals surface area contributed by atoms with Gasteiger partial charge in [0.05, 0.1) is 10.8 Å². The second kappa shape index (κ2) is 8.90. The molecule has 1 aliphatic rings. The first-order valence-electron chi connectivity index (χ1n) is 9.01. The SMILES string of the molecule is CCN(C(=O)C1CCCN(S(=O)(=O)c2ccc(Cl)cc2)C1)c1ccc(Br)cn1. The molecule has 0 aliphatic carbocycles. The fourth-order valence-electron chi connectivity index (χ4n) is 3.30. The van der Waals surface area contributed by atoms with E-state index in [0.717, 1.165) is 4.47 Å². The van der Waals surface area contributed by atoms with Crippen molar-refractivity contribution < 1.29 is 13.2 Å². The highest BCUT2D eigenvalue weighted by molar-refractivity contribution is 9.10. The molecule has 0 spiro atoms. The van der Waals surface area contributed by atoms with Crippen molar-refractivity contribution in [3.05, 3.63) is 52.1 Å². The molecule has 3 rings (SSSR count). The van der Waals surface area contributed by atoms with Crippen LogP contribution in [0.4, 0.5) is 5.82 Å². The van der Waals surface area contributed by atoms with Crippen LogP contribution in [-0.2, 0) is 14.8 Å². The third-order valence-corrected chi connectivity index (χ3v) is 7.36. The Morgan fingerprint density at radius 3 is 2.61 bits per heavy atom. The summed E-state index contributed by atoms with van der Waals surface area (Å²) in [6.45, 7) is 2.91. The van der Waals surface area contributed by atoms with Crippen LogP contribution in [0.2, 0.25) is 5.02 Å². The number of nitrogens with zero attached hydrogens (tertiary/aromatic N) is 3. The largest absolute Gasteiger partial charge is 0.297 e. The van der Waals surface area contributed by atoms with Gasteiger partial charge in [0.25, 0.3) is 0 Å². The number of piperidine rings is 1. The lowest BCUT2D eigenvalue weighted by molar-refractivity contribution is -0.123. The van der Waals surface area contributed by atoms with Crippen molar-refractivity contribution in [3.8, 4) is 0 Å². The van der Waals surface area contributed by atoms with E-state index in [-0.39, 0.29) is 17.3 Å². The van der Waals surface area contributed by atoms with Crippen molar-refractivity contribution in [3.63, 3.8) is 0 Å². The molecule has 0 radical (unpaired) electrons. The zero-order valence-electron chi connectivity index (χ0n) is 15.4. The van der Waals surface area contributed by atoms with Gasteiger partial charge in [-0.1, -0.05) is 11.6 Å². The topological polar surface area (TPSA) is 70.6 Å². The Labute approximate surface area is 178 Å². The Morgan fingerprint density at radius 1 is 1.29 bits per heavy atom. The molecule has 1 unspecified atom stereocenters. The van der Waals surface area contributed by atoms with Crippen molar-refractivity contribution in [2.24, 2.45) is 5.92 Å². The van der Waals surface area contributed by atoms with Gasteiger partial charge in [-0.2, -0.15) is 4.31 Å². The second-order valence-corrected chi connectivity index (χ2v) is 9.86. The fraction of sp³-hybridized carbons (Fsp3) is 0.368. The molecule has 1 aromatic heterocycles. The van der Waals surface area contributed by atoms with Crippen LogP contribution in [0.15, 0.2) is 52.0 Å². The van der Waals surface area contributed by atoms with Crippen molar-refractivity contribution in [2.45, 2.75) is 24.7 Å². The molecule has 28 heavy (non-hydrogen) atoms. The number of pyridine rings is 1. The van der Waals surface area contributed by atoms with E-state index in [0.29, 0.717) is 36.8 Å². The van der Waals surface area contributed by atoms with Crippen LogP contribution in [0, 0.1) is 5.92 Å². The summed E-state index contributed by atoms with van der Waals surface area (Å²) >= 11 is 9.20. The van der Waals surface area contributed by atoms with E-state index >= 15 is 0 Å². The minimum atomic E-state index is -3.67. The van der Waals surface area contributed by atoms with Crippen molar-refractivity contribution in [1.29, 1.82) is 0 Å². The van der Waals surface area contributed by atoms with E-state index in [1.54, 1.807) is 29.3 Å². The number of rotatable bonds is 5. The number of aromatic nitrogens is 1. The fourth-order valence-corrected chi connectivity index (χ4v) is 5.18. The predicted octanol–water partition coefficient (Wildman–Crippen LogP) is 3.95. The lowest BCUT2D eigenvalue weighted by Crippen LogP contribution is -2.47. The molecular weight excluding hydrogens is 466 g/mol. The molecule has 0 saturated carbocycles. The van der Waals surface area contributed by atoms with Gasteiger partial charge in [-0.25, -0.2) is 13.4 Å². The monoisotopic (exact) mass is 485 g/mol. The quantitative estimate of drug-likeness (QED) is 0.641. The third-order valence-electron chi connectivity index (χ3n) is 4.76. The maximum absolute atomic E-state index is 13.1. The minimum absolute atomic E-state index is 0.103. The summed E-state index contributed by atoms with van der Waals surface area (Å²) in [5, 5.41) is 0.478. The molecule has 1 saturated heterocycles. The van der Waals surface area contributed by atoms with Gasteiger partial charge in [-0.15, -0.1) is 0 Å². The number of anilines is 1. The summed E-state index contributed by atoms with van der Waals surface area (Å²) in [4.78, 5) is 19.2. The van der Waals surface area contributed by atoms with Crippen LogP contribution >= 0.6 is 27.5 Å². The number of amides is 1. The predicted molar refractivity (Wildman–Crippen MR) is 113 cm³/mol. The summed E-state index contributed by atoms with van der Waals surface area (Å²) in [5.41, 5.74) is 0. The molecule has 2 aromatic rings. The Bertz CT molecular complexity index is 936. The number of hydrogen-bond donors (Lipinski definition) is 0. The van der Waals surface area contributed by atoms with Gasteiger partial charge >= 0.3 is 0 Å². The first kappa shape index (κ1) is 21.2. The number of benzene rings is 1. The first-order valence-corrected chi connectivity index (χ1v) is 11.6. The normalized spacial score (nSPS) is 18.0. The first-order chi connectivity index (χ1) is 13.3. The number of carbonyl (C=O) groups is 1. The molecule has 6 nitrogen and oxygen atoms in total. The lowest BCUT2D eigenvalue weighted by atomic mass is 9.98. The Morgan fingerprint density at radius 2 is 2.00 bits per heavy atom. The highest BCUT2D eigenvalue weighted by Gasteiger charge is 2.35. The minimum Gasteiger partial charge on any atom is -0.297 e. The van der Waals surface area contributed by atoms with Gasteiger partial charge in [-0.05, 0) is 72.1 Å². The summed E-state index contributed by atoms with van der Waals surface area (Å²) in [6.07, 6.45) is 2.93. The van der Waals surface area contributed by atoms with Gasteiger partial charge in [0.15, 0.2) is 0 Å². The highest BCUT2D eigenvalue weighted by atomic mass is 79.9. The molecular formula is C19H21BrClN3O3S. The molecule has 1 atom stereocenters. The third kappa shape index (κ3) is 4.56. The van der Waals surface area contributed by atoms with E-state index in [4.69, 9.17) is 11.6 Å². The number of carbonyl (C=O) groups excluding carboxylic acids is 1. The maximum Gasteiger partial charge on any atom is 0.243 e. The summed E-state index contributed by atoms with van der Waals surface area (Å²) in [5.74, 6) is 0.0583. The Kier molecular flexibility index (Phi) is 6.75. The summed E-state index contributed by atoms with van der Waals surface area (Å²) < 4.78 is 28.1. The molecule has 1 aliphatic heterocycles. The highest BCUT2D eigenvalue weighted by Crippen LogP contribution is 2.27. The van der Waals surface area contributed by atoms with Crippen LogP contribution in [0.5, 0.6) is 0 Å². The zero-order valence-corrected chi connectivity index (χ0v) is 18.5. The average molecular weight is 487 g/mol. The smallest absolute Gasteiger partial charge is 0.243 e. The number of sulfonamides is 1. The van der Waals surface area contributed by atoms with Crippen LogP contribution < -0.4 is 4.90 Å². The van der Waals surface area contributed by atoms with Crippen LogP contribution in [-0.4, -0.2) is 43.2 Å². The maximum atomic E-state index is 13.1.